The fourth-order valence-electron chi connectivity index (χ4n) is 3.00. The van der Waals surface area contributed by atoms with E-state index in [1.54, 1.807) is 0 Å². The molecule has 0 radical (unpaired) electrons. The third kappa shape index (κ3) is 6.21. The number of oxime groups is 1. The molecule has 0 saturated carbocycles. The number of hydrogen-bond donors (Lipinski definition) is 2. The summed E-state index contributed by atoms with van der Waals surface area (Å²) in [4.78, 5) is 19.3. The smallest absolute Gasteiger partial charge is 0.367 e. The minimum absolute atomic E-state index is 0.0919. The number of carbonyl (C=O) groups excluding carboxylic acids is 1. The molecule has 13 heteroatoms. The fraction of sp³-hybridized carbons (Fsp3) is 0.300. The van der Waals surface area contributed by atoms with Crippen molar-refractivity contribution in [3.63, 3.8) is 0 Å². The second-order valence-electron chi connectivity index (χ2n) is 7.28. The highest BCUT2D eigenvalue weighted by Gasteiger charge is 2.31. The van der Waals surface area contributed by atoms with Crippen LogP contribution in [0.4, 0.5) is 13.2 Å². The number of nitrogens with one attached hydrogen (secondary N) is 1. The minimum Gasteiger partial charge on any atom is -0.367 e. The third-order valence-corrected chi connectivity index (χ3v) is 6.78. The van der Waals surface area contributed by atoms with Crippen molar-refractivity contribution in [2.75, 3.05) is 33.2 Å². The molecule has 1 fully saturated rings. The van der Waals surface area contributed by atoms with Crippen molar-refractivity contribution >= 4 is 21.9 Å². The van der Waals surface area contributed by atoms with E-state index in [9.17, 15) is 26.4 Å². The molecule has 0 unspecified atom stereocenters. The van der Waals surface area contributed by atoms with Gasteiger partial charge in [0.2, 0.25) is 16.0 Å². The number of rotatable bonds is 5. The van der Waals surface area contributed by atoms with E-state index < -0.39 is 33.6 Å². The van der Waals surface area contributed by atoms with Gasteiger partial charge in [-0.3, -0.25) is 10.1 Å². The van der Waals surface area contributed by atoms with E-state index in [2.05, 4.69) is 10.5 Å². The molecule has 0 spiro atoms. The first-order chi connectivity index (χ1) is 15.5. The minimum atomic E-state index is -4.59. The van der Waals surface area contributed by atoms with Crippen molar-refractivity contribution < 1.29 is 31.2 Å². The van der Waals surface area contributed by atoms with Crippen molar-refractivity contribution in [2.45, 2.75) is 11.1 Å². The third-order valence-electron chi connectivity index (χ3n) is 4.87. The monoisotopic (exact) mass is 485 g/mol. The average molecular weight is 485 g/mol. The van der Waals surface area contributed by atoms with Crippen LogP contribution in [0.1, 0.15) is 15.9 Å². The zero-order valence-electron chi connectivity index (χ0n) is 17.5. The molecule has 9 nitrogen and oxygen atoms in total. The van der Waals surface area contributed by atoms with Crippen molar-refractivity contribution in [3.05, 3.63) is 59.7 Å². The molecule has 1 aliphatic heterocycles. The molecule has 2 aromatic rings. The van der Waals surface area contributed by atoms with Gasteiger partial charge in [0.25, 0.3) is 5.91 Å². The van der Waals surface area contributed by atoms with Gasteiger partial charge in [0.05, 0.1) is 10.5 Å². The average Bonchev–Trinajstić information content (AvgIpc) is 2.78. The van der Waals surface area contributed by atoms with Gasteiger partial charge in [0.1, 0.15) is 0 Å². The van der Waals surface area contributed by atoms with Crippen LogP contribution in [-0.2, 0) is 16.2 Å². The first kappa shape index (κ1) is 24.5. The summed E-state index contributed by atoms with van der Waals surface area (Å²) >= 11 is 0. The summed E-state index contributed by atoms with van der Waals surface area (Å²) in [5.74, 6) is -1.25. The Bertz CT molecular complexity index is 1130. The molecular formula is C20H22F3N5O4S. The van der Waals surface area contributed by atoms with Crippen LogP contribution < -0.4 is 15.9 Å². The highest BCUT2D eigenvalue weighted by atomic mass is 32.2. The van der Waals surface area contributed by atoms with Crippen LogP contribution in [0, 0.1) is 0 Å². The van der Waals surface area contributed by atoms with Gasteiger partial charge in [0.15, 0.2) is 5.75 Å². The number of benzene rings is 2. The van der Waals surface area contributed by atoms with Gasteiger partial charge in [-0.15, -0.1) is 0 Å². The highest BCUT2D eigenvalue weighted by molar-refractivity contribution is 7.89. The number of hydrogen-bond acceptors (Lipinski definition) is 6. The first-order valence-corrected chi connectivity index (χ1v) is 11.2. The number of carbonyl (C=O) groups is 1. The number of halogens is 3. The van der Waals surface area contributed by atoms with Gasteiger partial charge in [-0.05, 0) is 54.7 Å². The molecule has 0 bridgehead atoms. The van der Waals surface area contributed by atoms with Crippen LogP contribution in [0.3, 0.4) is 0 Å². The van der Waals surface area contributed by atoms with Crippen LogP contribution in [0.15, 0.2) is 58.6 Å². The number of alkyl halides is 3. The van der Waals surface area contributed by atoms with E-state index in [0.717, 1.165) is 12.1 Å². The number of nitrogens with zero attached hydrogens (tertiary/aromatic N) is 3. The predicted octanol–water partition coefficient (Wildman–Crippen LogP) is 1.68. The Hall–Kier alpha value is -3.16. The van der Waals surface area contributed by atoms with Gasteiger partial charge in [-0.2, -0.15) is 17.5 Å². The quantitative estimate of drug-likeness (QED) is 0.378. The summed E-state index contributed by atoms with van der Waals surface area (Å²) in [6.07, 6.45) is -4.59. The fourth-order valence-corrected chi connectivity index (χ4v) is 4.42. The number of piperazine rings is 1. The molecule has 2 aromatic carbocycles. The summed E-state index contributed by atoms with van der Waals surface area (Å²) in [5, 5.41) is 5.61. The molecule has 178 valence electrons. The summed E-state index contributed by atoms with van der Waals surface area (Å²) in [5.41, 5.74) is 4.32. The van der Waals surface area contributed by atoms with Gasteiger partial charge in [0, 0.05) is 31.7 Å². The van der Waals surface area contributed by atoms with E-state index in [1.807, 2.05) is 11.9 Å². The van der Waals surface area contributed by atoms with Gasteiger partial charge in [-0.25, -0.2) is 8.42 Å². The molecule has 3 rings (SSSR count). The Balaban J connectivity index is 1.61. The van der Waals surface area contributed by atoms with E-state index in [1.165, 1.54) is 34.6 Å². The topological polar surface area (TPSA) is 117 Å². The SMILES string of the molecule is CN1CCN(S(=O)(=O)c2ccc(ON=C(N)NC(=O)c3cccc(C(F)(F)F)c3)cc2)CC1. The Labute approximate surface area is 188 Å². The van der Waals surface area contributed by atoms with E-state index in [4.69, 9.17) is 10.6 Å². The van der Waals surface area contributed by atoms with Crippen molar-refractivity contribution in [1.82, 2.24) is 14.5 Å². The predicted molar refractivity (Wildman–Crippen MR) is 114 cm³/mol. The van der Waals surface area contributed by atoms with Crippen LogP contribution in [0.25, 0.3) is 0 Å². The normalized spacial score (nSPS) is 16.4. The Kier molecular flexibility index (Phi) is 7.25. The lowest BCUT2D eigenvalue weighted by atomic mass is 10.1. The van der Waals surface area contributed by atoms with Gasteiger partial charge < -0.3 is 15.5 Å². The molecule has 0 atom stereocenters. The zero-order chi connectivity index (χ0) is 24.2. The van der Waals surface area contributed by atoms with Crippen molar-refractivity contribution in [3.8, 4) is 5.75 Å². The lowest BCUT2D eigenvalue weighted by Gasteiger charge is -2.31. The highest BCUT2D eigenvalue weighted by Crippen LogP contribution is 2.29. The molecule has 1 amide bonds. The summed E-state index contributed by atoms with van der Waals surface area (Å²) in [6.45, 7) is 2.06. The molecule has 0 aromatic heterocycles. The number of likely N-dealkylation sites (N-methyl/N-ethyl adjacent to an activating group) is 1. The zero-order valence-corrected chi connectivity index (χ0v) is 18.4. The summed E-state index contributed by atoms with van der Waals surface area (Å²) in [6, 6.07) is 9.26. The maximum absolute atomic E-state index is 12.8. The molecule has 33 heavy (non-hydrogen) atoms. The van der Waals surface area contributed by atoms with Crippen molar-refractivity contribution in [2.24, 2.45) is 10.9 Å². The maximum atomic E-state index is 12.8. The van der Waals surface area contributed by atoms with E-state index in [-0.39, 0.29) is 16.2 Å². The molecule has 1 saturated heterocycles. The second-order valence-corrected chi connectivity index (χ2v) is 9.22. The number of sulfonamides is 1. The lowest BCUT2D eigenvalue weighted by molar-refractivity contribution is -0.137. The summed E-state index contributed by atoms with van der Waals surface area (Å²) in [7, 11) is -1.72. The van der Waals surface area contributed by atoms with E-state index in [0.29, 0.717) is 32.2 Å². The molecular weight excluding hydrogens is 463 g/mol. The Morgan fingerprint density at radius 1 is 1.09 bits per heavy atom. The molecule has 1 aliphatic rings. The second kappa shape index (κ2) is 9.77. The lowest BCUT2D eigenvalue weighted by Crippen LogP contribution is -2.46. The summed E-state index contributed by atoms with van der Waals surface area (Å²) < 4.78 is 65.2. The number of nitrogens with two attached hydrogens (primary N) is 1. The molecule has 0 aliphatic carbocycles. The largest absolute Gasteiger partial charge is 0.416 e. The van der Waals surface area contributed by atoms with Crippen molar-refractivity contribution in [1.29, 1.82) is 0 Å². The molecule has 3 N–H and O–H groups in total. The number of amides is 1. The maximum Gasteiger partial charge on any atom is 0.416 e. The number of guanidine groups is 1. The van der Waals surface area contributed by atoms with Crippen LogP contribution in [0.5, 0.6) is 5.75 Å². The van der Waals surface area contributed by atoms with Crippen LogP contribution in [0.2, 0.25) is 0 Å². The molecule has 1 heterocycles. The Morgan fingerprint density at radius 3 is 2.33 bits per heavy atom. The Morgan fingerprint density at radius 2 is 1.73 bits per heavy atom. The van der Waals surface area contributed by atoms with Crippen LogP contribution in [-0.4, -0.2) is 62.7 Å². The van der Waals surface area contributed by atoms with Gasteiger partial charge >= 0.3 is 6.18 Å². The first-order valence-electron chi connectivity index (χ1n) is 9.74. The van der Waals surface area contributed by atoms with E-state index >= 15 is 0 Å². The van der Waals surface area contributed by atoms with Gasteiger partial charge in [-0.1, -0.05) is 6.07 Å². The van der Waals surface area contributed by atoms with Crippen LogP contribution >= 0.6 is 0 Å². The standard InChI is InChI=1S/C20H22F3N5O4S/c1-27-9-11-28(12-10-27)33(30,31)17-7-5-16(6-8-17)32-26-19(24)25-18(29)14-3-2-4-15(13-14)20(21,22)23/h2-8,13H,9-12H2,1H3,(H3,24,25,26,29).